The molecule has 1 amide bonds. The van der Waals surface area contributed by atoms with E-state index in [1.54, 1.807) is 18.3 Å². The van der Waals surface area contributed by atoms with Crippen LogP contribution in [0.1, 0.15) is 11.4 Å². The van der Waals surface area contributed by atoms with Crippen molar-refractivity contribution in [1.29, 1.82) is 0 Å². The molecule has 2 fully saturated rings. The molecule has 0 aromatic carbocycles. The van der Waals surface area contributed by atoms with E-state index in [0.29, 0.717) is 19.6 Å². The molecule has 2 aliphatic rings. The van der Waals surface area contributed by atoms with Gasteiger partial charge in [0, 0.05) is 31.4 Å². The van der Waals surface area contributed by atoms with Crippen molar-refractivity contribution < 1.29 is 13.2 Å². The van der Waals surface area contributed by atoms with Crippen LogP contribution in [0.2, 0.25) is 0 Å². The molecule has 0 bridgehead atoms. The number of nitrogens with one attached hydrogen (secondary N) is 2. The molecule has 1 aromatic rings. The van der Waals surface area contributed by atoms with E-state index in [1.807, 2.05) is 6.92 Å². The molecule has 0 aliphatic carbocycles. The van der Waals surface area contributed by atoms with Crippen LogP contribution in [-0.4, -0.2) is 84.4 Å². The number of likely N-dealkylation sites (N-methyl/N-ethyl adjacent to an activating group) is 1. The highest BCUT2D eigenvalue weighted by molar-refractivity contribution is 7.91. The molecule has 0 unspecified atom stereocenters. The lowest BCUT2D eigenvalue weighted by atomic mass is 10.0. The number of H-pyrrole nitrogens is 1. The predicted octanol–water partition coefficient (Wildman–Crippen LogP) is -1.25. The zero-order chi connectivity index (χ0) is 16.6. The summed E-state index contributed by atoms with van der Waals surface area (Å²) < 4.78 is 24.3. The summed E-state index contributed by atoms with van der Waals surface area (Å²) in [5.41, 5.74) is 1.93. The summed E-state index contributed by atoms with van der Waals surface area (Å²) in [6, 6.07) is -0.403. The van der Waals surface area contributed by atoms with Crippen LogP contribution in [0.25, 0.3) is 0 Å². The first-order valence-electron chi connectivity index (χ1n) is 7.78. The first kappa shape index (κ1) is 16.4. The van der Waals surface area contributed by atoms with Crippen LogP contribution in [-0.2, 0) is 21.2 Å². The van der Waals surface area contributed by atoms with E-state index in [0.717, 1.165) is 11.4 Å². The number of carbonyl (C=O) groups excluding carboxylic acids is 1. The number of fused-ring (bicyclic) bond motifs is 1. The summed E-state index contributed by atoms with van der Waals surface area (Å²) in [7, 11) is -1.40. The quantitative estimate of drug-likeness (QED) is 0.710. The Morgan fingerprint density at radius 3 is 2.78 bits per heavy atom. The van der Waals surface area contributed by atoms with E-state index in [9.17, 15) is 13.2 Å². The summed E-state index contributed by atoms with van der Waals surface area (Å²) in [5.74, 6) is 0.142. The van der Waals surface area contributed by atoms with Crippen molar-refractivity contribution in [2.24, 2.45) is 0 Å². The van der Waals surface area contributed by atoms with Gasteiger partial charge in [-0.25, -0.2) is 13.4 Å². The Hall–Kier alpha value is -1.45. The van der Waals surface area contributed by atoms with Gasteiger partial charge in [-0.05, 0) is 14.0 Å². The Kier molecular flexibility index (Phi) is 4.43. The number of imidazole rings is 1. The van der Waals surface area contributed by atoms with Gasteiger partial charge in [0.1, 0.15) is 0 Å². The summed E-state index contributed by atoms with van der Waals surface area (Å²) in [5, 5.41) is 2.85. The number of sulfone groups is 1. The van der Waals surface area contributed by atoms with Crippen molar-refractivity contribution in [2.75, 3.05) is 38.2 Å². The third-order valence-corrected chi connectivity index (χ3v) is 6.43. The third kappa shape index (κ3) is 3.26. The van der Waals surface area contributed by atoms with Gasteiger partial charge in [-0.3, -0.25) is 9.69 Å². The summed E-state index contributed by atoms with van der Waals surface area (Å²) >= 11 is 0. The van der Waals surface area contributed by atoms with Gasteiger partial charge in [-0.15, -0.1) is 0 Å². The molecule has 2 saturated heterocycles. The number of amides is 1. The Balaban J connectivity index is 1.81. The molecular formula is C14H23N5O3S. The molecule has 128 valence electrons. The molecule has 0 saturated carbocycles. The fraction of sp³-hybridized carbons (Fsp3) is 0.714. The average molecular weight is 341 g/mol. The molecular weight excluding hydrogens is 318 g/mol. The Morgan fingerprint density at radius 1 is 1.39 bits per heavy atom. The minimum absolute atomic E-state index is 0.0322. The van der Waals surface area contributed by atoms with Crippen LogP contribution < -0.4 is 5.32 Å². The number of aromatic amines is 1. The summed E-state index contributed by atoms with van der Waals surface area (Å²) in [4.78, 5) is 23.5. The molecule has 3 rings (SSSR count). The molecule has 0 radical (unpaired) electrons. The molecule has 3 heterocycles. The van der Waals surface area contributed by atoms with Crippen molar-refractivity contribution in [2.45, 2.75) is 25.6 Å². The van der Waals surface area contributed by atoms with Gasteiger partial charge in [-0.1, -0.05) is 0 Å². The monoisotopic (exact) mass is 341 g/mol. The van der Waals surface area contributed by atoms with Crippen LogP contribution >= 0.6 is 0 Å². The van der Waals surface area contributed by atoms with Gasteiger partial charge >= 0.3 is 0 Å². The maximum absolute atomic E-state index is 12.3. The van der Waals surface area contributed by atoms with Crippen LogP contribution in [0.4, 0.5) is 0 Å². The highest BCUT2D eigenvalue weighted by atomic mass is 32.2. The number of aryl methyl sites for hydroxylation is 1. The highest BCUT2D eigenvalue weighted by Gasteiger charge is 2.47. The molecule has 8 nitrogen and oxygen atoms in total. The van der Waals surface area contributed by atoms with Gasteiger partial charge in [0.25, 0.3) is 0 Å². The lowest BCUT2D eigenvalue weighted by molar-refractivity contribution is -0.136. The number of piperazine rings is 1. The van der Waals surface area contributed by atoms with Gasteiger partial charge in [0.05, 0.1) is 36.1 Å². The smallest absolute Gasteiger partial charge is 0.236 e. The second-order valence-corrected chi connectivity index (χ2v) is 8.43. The average Bonchev–Trinajstić information content (AvgIpc) is 3.02. The maximum atomic E-state index is 12.3. The standard InChI is InChI=1S/C14H23N5O3S/c1-10-11(17-9-16-10)6-18-3-4-19(14(20)5-15-2)13-8-23(21,22)7-12(13)18/h9,12-13,15H,3-8H2,1-2H3,(H,16,17)/t12-,13+/m0/s1. The second kappa shape index (κ2) is 6.21. The molecule has 0 spiro atoms. The van der Waals surface area contributed by atoms with Gasteiger partial charge in [-0.2, -0.15) is 0 Å². The van der Waals surface area contributed by atoms with Crippen LogP contribution in [0.3, 0.4) is 0 Å². The van der Waals surface area contributed by atoms with Gasteiger partial charge in [0.2, 0.25) is 5.91 Å². The molecule has 1 aromatic heterocycles. The van der Waals surface area contributed by atoms with E-state index < -0.39 is 9.84 Å². The van der Waals surface area contributed by atoms with Gasteiger partial charge < -0.3 is 15.2 Å². The van der Waals surface area contributed by atoms with Crippen molar-refractivity contribution in [3.05, 3.63) is 17.7 Å². The number of hydrogen-bond acceptors (Lipinski definition) is 6. The Labute approximate surface area is 136 Å². The zero-order valence-corrected chi connectivity index (χ0v) is 14.3. The fourth-order valence-electron chi connectivity index (χ4n) is 3.52. The van der Waals surface area contributed by atoms with Crippen molar-refractivity contribution in [3.8, 4) is 0 Å². The number of carbonyl (C=O) groups is 1. The predicted molar refractivity (Wildman–Crippen MR) is 85.6 cm³/mol. The molecule has 2 N–H and O–H groups in total. The van der Waals surface area contributed by atoms with E-state index in [4.69, 9.17) is 0 Å². The molecule has 9 heteroatoms. The molecule has 23 heavy (non-hydrogen) atoms. The highest BCUT2D eigenvalue weighted by Crippen LogP contribution is 2.28. The lowest BCUT2D eigenvalue weighted by Crippen LogP contribution is -2.61. The van der Waals surface area contributed by atoms with Gasteiger partial charge in [0.15, 0.2) is 9.84 Å². The van der Waals surface area contributed by atoms with E-state index in [-0.39, 0.29) is 36.0 Å². The summed E-state index contributed by atoms with van der Waals surface area (Å²) in [6.45, 7) is 4.03. The second-order valence-electron chi connectivity index (χ2n) is 6.27. The number of hydrogen-bond donors (Lipinski definition) is 2. The minimum Gasteiger partial charge on any atom is -0.348 e. The Morgan fingerprint density at radius 2 is 2.13 bits per heavy atom. The first-order valence-corrected chi connectivity index (χ1v) is 9.61. The topological polar surface area (TPSA) is 98.4 Å². The number of aromatic nitrogens is 2. The third-order valence-electron chi connectivity index (χ3n) is 4.73. The molecule has 2 aliphatic heterocycles. The van der Waals surface area contributed by atoms with Crippen molar-refractivity contribution in [1.82, 2.24) is 25.1 Å². The van der Waals surface area contributed by atoms with Crippen molar-refractivity contribution in [3.63, 3.8) is 0 Å². The Bertz CT molecular complexity index is 686. The normalized spacial score (nSPS) is 27.1. The minimum atomic E-state index is -3.12. The van der Waals surface area contributed by atoms with Crippen LogP contribution in [0, 0.1) is 6.92 Å². The number of nitrogens with zero attached hydrogens (tertiary/aromatic N) is 3. The SMILES string of the molecule is CNCC(=O)N1CCN(Cc2nc[nH]c2C)[C@H]2CS(=O)(=O)C[C@H]21. The maximum Gasteiger partial charge on any atom is 0.236 e. The number of rotatable bonds is 4. The summed E-state index contributed by atoms with van der Waals surface area (Å²) in [6.07, 6.45) is 1.65. The first-order chi connectivity index (χ1) is 10.9. The van der Waals surface area contributed by atoms with E-state index >= 15 is 0 Å². The van der Waals surface area contributed by atoms with E-state index in [2.05, 4.69) is 20.2 Å². The van der Waals surface area contributed by atoms with Crippen molar-refractivity contribution >= 4 is 15.7 Å². The fourth-order valence-corrected chi connectivity index (χ4v) is 5.53. The van der Waals surface area contributed by atoms with Crippen LogP contribution in [0.15, 0.2) is 6.33 Å². The zero-order valence-electron chi connectivity index (χ0n) is 13.4. The lowest BCUT2D eigenvalue weighted by Gasteiger charge is -2.43. The largest absolute Gasteiger partial charge is 0.348 e. The van der Waals surface area contributed by atoms with Crippen LogP contribution in [0.5, 0.6) is 0 Å². The van der Waals surface area contributed by atoms with E-state index in [1.165, 1.54) is 0 Å². The molecule has 2 atom stereocenters.